The van der Waals surface area contributed by atoms with Crippen LogP contribution in [-0.4, -0.2) is 19.8 Å². The van der Waals surface area contributed by atoms with Crippen molar-refractivity contribution >= 4 is 34.5 Å². The molecule has 0 amide bonds. The van der Waals surface area contributed by atoms with Crippen LogP contribution in [0.4, 0.5) is 0 Å². The highest BCUT2D eigenvalue weighted by Gasteiger charge is 2.21. The van der Waals surface area contributed by atoms with Gasteiger partial charge in [0, 0.05) is 18.7 Å². The molecule has 0 aliphatic rings. The first-order valence-electron chi connectivity index (χ1n) is 5.57. The Kier molecular flexibility index (Phi) is 5.74. The normalized spacial score (nSPS) is 14.0. The zero-order chi connectivity index (χ0) is 13.1. The molecule has 2 nitrogen and oxygen atoms in total. The van der Waals surface area contributed by atoms with E-state index in [0.717, 1.165) is 27.1 Å². The number of ether oxygens (including phenoxy) is 1. The third-order valence-corrected chi connectivity index (χ3v) is 4.51. The van der Waals surface area contributed by atoms with Crippen molar-refractivity contribution in [1.82, 2.24) is 5.32 Å². The lowest BCUT2D eigenvalue weighted by Crippen LogP contribution is -2.25. The number of nitrogens with one attached hydrogen (secondary N) is 1. The maximum absolute atomic E-state index is 6.17. The molecule has 0 bridgehead atoms. The Morgan fingerprint density at radius 1 is 1.47 bits per heavy atom. The molecule has 0 radical (unpaired) electrons. The Balaban J connectivity index is 2.70. The summed E-state index contributed by atoms with van der Waals surface area (Å²) < 4.78 is 6.92. The minimum absolute atomic E-state index is 0.110. The number of methoxy groups -OCH3 is 1. The quantitative estimate of drug-likeness (QED) is 0.833. The van der Waals surface area contributed by atoms with Crippen LogP contribution in [0.1, 0.15) is 38.3 Å². The third-order valence-electron chi connectivity index (χ3n) is 2.99. The summed E-state index contributed by atoms with van der Waals surface area (Å²) in [5.41, 5.74) is 0.970. The zero-order valence-electron chi connectivity index (χ0n) is 10.6. The monoisotopic (exact) mass is 295 g/mol. The Morgan fingerprint density at radius 2 is 2.12 bits per heavy atom. The first-order chi connectivity index (χ1) is 7.89. The van der Waals surface area contributed by atoms with Crippen molar-refractivity contribution in [2.24, 2.45) is 0 Å². The minimum atomic E-state index is -0.110. The standard InChI is InChI=1S/C12H19Cl2NOS/c1-12(2,16-4)6-5-9(15-3)8-7-10(13)17-11(8)14/h7,9,15H,5-6H2,1-4H3. The first kappa shape index (κ1) is 15.3. The zero-order valence-corrected chi connectivity index (χ0v) is 13.0. The van der Waals surface area contributed by atoms with E-state index < -0.39 is 0 Å². The van der Waals surface area contributed by atoms with Gasteiger partial charge in [-0.25, -0.2) is 0 Å². The first-order valence-corrected chi connectivity index (χ1v) is 7.14. The minimum Gasteiger partial charge on any atom is -0.379 e. The average Bonchev–Trinajstić information content (AvgIpc) is 2.59. The third kappa shape index (κ3) is 4.42. The lowest BCUT2D eigenvalue weighted by Gasteiger charge is -2.25. The molecule has 0 aromatic carbocycles. The molecular formula is C12H19Cl2NOS. The molecule has 0 fully saturated rings. The molecule has 17 heavy (non-hydrogen) atoms. The van der Waals surface area contributed by atoms with Gasteiger partial charge in [0.1, 0.15) is 0 Å². The molecule has 1 aromatic rings. The summed E-state index contributed by atoms with van der Waals surface area (Å²) in [7, 11) is 3.68. The van der Waals surface area contributed by atoms with E-state index in [4.69, 9.17) is 27.9 Å². The molecule has 0 spiro atoms. The lowest BCUT2D eigenvalue weighted by atomic mass is 9.96. The van der Waals surface area contributed by atoms with Gasteiger partial charge in [0.2, 0.25) is 0 Å². The number of rotatable bonds is 6. The van der Waals surface area contributed by atoms with Crippen LogP contribution >= 0.6 is 34.5 Å². The van der Waals surface area contributed by atoms with Crippen LogP contribution in [0.5, 0.6) is 0 Å². The van der Waals surface area contributed by atoms with E-state index in [1.807, 2.05) is 13.1 Å². The fourth-order valence-electron chi connectivity index (χ4n) is 1.64. The highest BCUT2D eigenvalue weighted by atomic mass is 35.5. The van der Waals surface area contributed by atoms with Crippen LogP contribution in [0, 0.1) is 0 Å². The Labute approximate surface area is 117 Å². The van der Waals surface area contributed by atoms with E-state index in [9.17, 15) is 0 Å². The van der Waals surface area contributed by atoms with Crippen molar-refractivity contribution in [3.05, 3.63) is 20.3 Å². The second-order valence-electron chi connectivity index (χ2n) is 4.62. The van der Waals surface area contributed by atoms with Crippen molar-refractivity contribution in [3.63, 3.8) is 0 Å². The van der Waals surface area contributed by atoms with Crippen molar-refractivity contribution in [1.29, 1.82) is 0 Å². The summed E-state index contributed by atoms with van der Waals surface area (Å²) in [6.45, 7) is 4.17. The molecule has 0 aliphatic heterocycles. The fraction of sp³-hybridized carbons (Fsp3) is 0.667. The number of hydrogen-bond acceptors (Lipinski definition) is 3. The molecule has 0 saturated heterocycles. The van der Waals surface area contributed by atoms with Gasteiger partial charge < -0.3 is 10.1 Å². The average molecular weight is 296 g/mol. The molecule has 1 N–H and O–H groups in total. The van der Waals surface area contributed by atoms with Gasteiger partial charge in [-0.15, -0.1) is 11.3 Å². The van der Waals surface area contributed by atoms with Crippen molar-refractivity contribution in [2.75, 3.05) is 14.2 Å². The molecule has 98 valence electrons. The smallest absolute Gasteiger partial charge is 0.0991 e. The molecule has 1 rings (SSSR count). The van der Waals surface area contributed by atoms with Gasteiger partial charge in [-0.05, 0) is 39.8 Å². The van der Waals surface area contributed by atoms with Crippen LogP contribution < -0.4 is 5.32 Å². The van der Waals surface area contributed by atoms with E-state index in [2.05, 4.69) is 19.2 Å². The van der Waals surface area contributed by atoms with Crippen LogP contribution in [0.15, 0.2) is 6.07 Å². The summed E-state index contributed by atoms with van der Waals surface area (Å²) in [4.78, 5) is 0. The van der Waals surface area contributed by atoms with Crippen LogP contribution in [0.3, 0.4) is 0 Å². The van der Waals surface area contributed by atoms with Gasteiger partial charge in [-0.1, -0.05) is 23.2 Å². The summed E-state index contributed by atoms with van der Waals surface area (Å²) in [6, 6.07) is 2.16. The molecule has 5 heteroatoms. The number of halogens is 2. The summed E-state index contributed by atoms with van der Waals surface area (Å²) in [5.74, 6) is 0. The van der Waals surface area contributed by atoms with E-state index in [1.54, 1.807) is 7.11 Å². The van der Waals surface area contributed by atoms with Gasteiger partial charge in [-0.3, -0.25) is 0 Å². The number of hydrogen-bond donors (Lipinski definition) is 1. The summed E-state index contributed by atoms with van der Waals surface area (Å²) in [6.07, 6.45) is 1.92. The maximum atomic E-state index is 6.17. The van der Waals surface area contributed by atoms with Gasteiger partial charge in [0.05, 0.1) is 14.3 Å². The molecule has 1 unspecified atom stereocenters. The second-order valence-corrected chi connectivity index (χ2v) is 6.91. The van der Waals surface area contributed by atoms with Crippen LogP contribution in [0.25, 0.3) is 0 Å². The summed E-state index contributed by atoms with van der Waals surface area (Å²) >= 11 is 13.5. The largest absolute Gasteiger partial charge is 0.379 e. The molecule has 1 aromatic heterocycles. The molecule has 1 atom stereocenters. The van der Waals surface area contributed by atoms with E-state index in [-0.39, 0.29) is 11.6 Å². The maximum Gasteiger partial charge on any atom is 0.0991 e. The Hall–Kier alpha value is 0.200. The second kappa shape index (κ2) is 6.39. The van der Waals surface area contributed by atoms with Crippen LogP contribution in [-0.2, 0) is 4.74 Å². The van der Waals surface area contributed by atoms with E-state index in [0.29, 0.717) is 0 Å². The topological polar surface area (TPSA) is 21.3 Å². The lowest BCUT2D eigenvalue weighted by molar-refractivity contribution is 0.0118. The molecule has 0 aliphatic carbocycles. The fourth-order valence-corrected chi connectivity index (χ4v) is 3.22. The molecule has 0 saturated carbocycles. The van der Waals surface area contributed by atoms with Crippen molar-refractivity contribution < 1.29 is 4.74 Å². The number of thiophene rings is 1. The van der Waals surface area contributed by atoms with Crippen LogP contribution in [0.2, 0.25) is 8.67 Å². The van der Waals surface area contributed by atoms with E-state index in [1.165, 1.54) is 11.3 Å². The van der Waals surface area contributed by atoms with Gasteiger partial charge >= 0.3 is 0 Å². The van der Waals surface area contributed by atoms with Gasteiger partial charge in [0.15, 0.2) is 0 Å². The Bertz CT molecular complexity index is 365. The predicted octanol–water partition coefficient (Wildman–Crippen LogP) is 4.52. The van der Waals surface area contributed by atoms with Gasteiger partial charge in [0.25, 0.3) is 0 Å². The predicted molar refractivity (Wildman–Crippen MR) is 76.5 cm³/mol. The van der Waals surface area contributed by atoms with Gasteiger partial charge in [-0.2, -0.15) is 0 Å². The highest BCUT2D eigenvalue weighted by molar-refractivity contribution is 7.20. The Morgan fingerprint density at radius 3 is 2.53 bits per heavy atom. The molecule has 1 heterocycles. The van der Waals surface area contributed by atoms with E-state index >= 15 is 0 Å². The molecular weight excluding hydrogens is 277 g/mol. The highest BCUT2D eigenvalue weighted by Crippen LogP contribution is 2.37. The SMILES string of the molecule is CNC(CCC(C)(C)OC)c1cc(Cl)sc1Cl. The van der Waals surface area contributed by atoms with Crippen molar-refractivity contribution in [2.45, 2.75) is 38.3 Å². The summed E-state index contributed by atoms with van der Waals surface area (Å²) in [5, 5.41) is 3.28. The van der Waals surface area contributed by atoms with Crippen molar-refractivity contribution in [3.8, 4) is 0 Å².